The van der Waals surface area contributed by atoms with Gasteiger partial charge in [-0.05, 0) is 56.3 Å². The lowest BCUT2D eigenvalue weighted by Gasteiger charge is -2.14. The molecule has 37 heavy (non-hydrogen) atoms. The quantitative estimate of drug-likeness (QED) is 0.179. The van der Waals surface area contributed by atoms with Gasteiger partial charge in [0.25, 0.3) is 11.5 Å². The molecular formula is C28H23FN4O3S. The maximum absolute atomic E-state index is 14.1. The van der Waals surface area contributed by atoms with E-state index in [0.29, 0.717) is 22.3 Å². The van der Waals surface area contributed by atoms with Crippen LogP contribution in [0, 0.1) is 5.82 Å². The van der Waals surface area contributed by atoms with E-state index in [4.69, 9.17) is 0 Å². The Labute approximate surface area is 215 Å². The molecule has 0 aliphatic carbocycles. The monoisotopic (exact) mass is 514 g/mol. The van der Waals surface area contributed by atoms with Gasteiger partial charge in [0, 0.05) is 34.3 Å². The number of amides is 1. The van der Waals surface area contributed by atoms with Crippen LogP contribution in [0.5, 0.6) is 0 Å². The Kier molecular flexibility index (Phi) is 6.62. The van der Waals surface area contributed by atoms with Crippen LogP contribution < -0.4 is 10.9 Å². The van der Waals surface area contributed by atoms with Crippen molar-refractivity contribution in [2.45, 2.75) is 25.0 Å². The van der Waals surface area contributed by atoms with Gasteiger partial charge in [-0.2, -0.15) is 0 Å². The van der Waals surface area contributed by atoms with E-state index in [1.54, 1.807) is 30.5 Å². The van der Waals surface area contributed by atoms with Crippen molar-refractivity contribution in [2.24, 2.45) is 0 Å². The summed E-state index contributed by atoms with van der Waals surface area (Å²) in [6.07, 6.45) is 1.67. The van der Waals surface area contributed by atoms with Gasteiger partial charge in [0.2, 0.25) is 0 Å². The number of fused-ring (bicyclic) bond motifs is 2. The molecule has 0 saturated heterocycles. The lowest BCUT2D eigenvalue weighted by molar-refractivity contribution is 0.0942. The van der Waals surface area contributed by atoms with Gasteiger partial charge >= 0.3 is 0 Å². The minimum absolute atomic E-state index is 0.00262. The molecule has 0 radical (unpaired) electrons. The average Bonchev–Trinajstić information content (AvgIpc) is 3.31. The summed E-state index contributed by atoms with van der Waals surface area (Å²) >= 11 is 1.08. The molecule has 5 rings (SSSR count). The van der Waals surface area contributed by atoms with E-state index in [9.17, 15) is 18.8 Å². The molecule has 3 aromatic carbocycles. The van der Waals surface area contributed by atoms with E-state index in [1.807, 2.05) is 38.1 Å². The average molecular weight is 515 g/mol. The third-order valence-corrected chi connectivity index (χ3v) is 6.75. The number of Topliss-reactive ketones (excluding diaryl/α,β-unsaturated/α-hetero) is 1. The zero-order valence-corrected chi connectivity index (χ0v) is 20.9. The molecular weight excluding hydrogens is 491 g/mol. The molecule has 2 N–H and O–H groups in total. The summed E-state index contributed by atoms with van der Waals surface area (Å²) in [7, 11) is 0. The second-order valence-corrected chi connectivity index (χ2v) is 9.78. The van der Waals surface area contributed by atoms with Crippen molar-refractivity contribution >= 4 is 45.3 Å². The molecule has 2 aromatic heterocycles. The van der Waals surface area contributed by atoms with Crippen LogP contribution >= 0.6 is 11.8 Å². The highest BCUT2D eigenvalue weighted by Crippen LogP contribution is 2.25. The number of para-hydroxylation sites is 1. The number of halogens is 1. The van der Waals surface area contributed by atoms with Crippen LogP contribution in [-0.4, -0.2) is 38.0 Å². The molecule has 0 unspecified atom stereocenters. The Morgan fingerprint density at radius 1 is 1.05 bits per heavy atom. The summed E-state index contributed by atoms with van der Waals surface area (Å²) in [4.78, 5) is 47.0. The highest BCUT2D eigenvalue weighted by atomic mass is 32.2. The summed E-state index contributed by atoms with van der Waals surface area (Å²) in [5, 5.41) is 4.13. The first-order valence-corrected chi connectivity index (χ1v) is 12.7. The molecule has 0 saturated carbocycles. The number of hydrogen-bond donors (Lipinski definition) is 2. The van der Waals surface area contributed by atoms with Gasteiger partial charge in [0.15, 0.2) is 10.9 Å². The third-order valence-electron chi connectivity index (χ3n) is 5.81. The molecule has 2 heterocycles. The SMILES string of the molecule is CC(C)NC(=O)c1ccc2c(=O)n(-c3cccc(F)c3)c(SCC(=O)c3c[nH]c4ccccc34)nc2c1. The van der Waals surface area contributed by atoms with E-state index >= 15 is 0 Å². The summed E-state index contributed by atoms with van der Waals surface area (Å²) in [5.74, 6) is -0.928. The van der Waals surface area contributed by atoms with Gasteiger partial charge in [-0.15, -0.1) is 0 Å². The van der Waals surface area contributed by atoms with E-state index < -0.39 is 11.4 Å². The first kappa shape index (κ1) is 24.5. The predicted octanol–water partition coefficient (Wildman–Crippen LogP) is 5.12. The van der Waals surface area contributed by atoms with Crippen LogP contribution in [-0.2, 0) is 0 Å². The van der Waals surface area contributed by atoms with Crippen molar-refractivity contribution < 1.29 is 14.0 Å². The highest BCUT2D eigenvalue weighted by Gasteiger charge is 2.19. The molecule has 7 nitrogen and oxygen atoms in total. The molecule has 5 aromatic rings. The van der Waals surface area contributed by atoms with Crippen molar-refractivity contribution in [3.8, 4) is 5.69 Å². The Hall–Kier alpha value is -4.24. The number of thioether (sulfide) groups is 1. The zero-order valence-electron chi connectivity index (χ0n) is 20.1. The minimum atomic E-state index is -0.504. The molecule has 186 valence electrons. The van der Waals surface area contributed by atoms with Crippen molar-refractivity contribution in [2.75, 3.05) is 5.75 Å². The van der Waals surface area contributed by atoms with E-state index in [1.165, 1.54) is 22.8 Å². The number of ketones is 1. The fraction of sp³-hybridized carbons (Fsp3) is 0.143. The maximum Gasteiger partial charge on any atom is 0.266 e. The number of hydrogen-bond acceptors (Lipinski definition) is 5. The second-order valence-electron chi connectivity index (χ2n) is 8.83. The number of rotatable bonds is 7. The summed E-state index contributed by atoms with van der Waals surface area (Å²) in [5.41, 5.74) is 1.94. The number of nitrogens with one attached hydrogen (secondary N) is 2. The Bertz CT molecular complexity index is 1720. The number of carbonyl (C=O) groups excluding carboxylic acids is 2. The smallest absolute Gasteiger partial charge is 0.266 e. The lowest BCUT2D eigenvalue weighted by Crippen LogP contribution is -2.30. The summed E-state index contributed by atoms with van der Waals surface area (Å²) in [6, 6.07) is 17.7. The first-order valence-electron chi connectivity index (χ1n) is 11.7. The fourth-order valence-electron chi connectivity index (χ4n) is 4.10. The fourth-order valence-corrected chi connectivity index (χ4v) is 5.00. The van der Waals surface area contributed by atoms with E-state index in [0.717, 1.165) is 22.7 Å². The van der Waals surface area contributed by atoms with Crippen LogP contribution in [0.25, 0.3) is 27.5 Å². The molecule has 9 heteroatoms. The molecule has 0 atom stereocenters. The van der Waals surface area contributed by atoms with E-state index in [-0.39, 0.29) is 34.0 Å². The molecule has 1 amide bonds. The molecule has 0 spiro atoms. The van der Waals surface area contributed by atoms with E-state index in [2.05, 4.69) is 15.3 Å². The highest BCUT2D eigenvalue weighted by molar-refractivity contribution is 7.99. The van der Waals surface area contributed by atoms with Gasteiger partial charge in [0.05, 0.1) is 22.3 Å². The Morgan fingerprint density at radius 3 is 2.65 bits per heavy atom. The van der Waals surface area contributed by atoms with Crippen LogP contribution in [0.1, 0.15) is 34.6 Å². The Balaban J connectivity index is 1.57. The normalized spacial score (nSPS) is 11.4. The van der Waals surface area contributed by atoms with Gasteiger partial charge in [-0.25, -0.2) is 9.37 Å². The number of benzene rings is 3. The minimum Gasteiger partial charge on any atom is -0.360 e. The summed E-state index contributed by atoms with van der Waals surface area (Å²) in [6.45, 7) is 3.71. The van der Waals surface area contributed by atoms with Gasteiger partial charge in [-0.3, -0.25) is 19.0 Å². The summed E-state index contributed by atoms with van der Waals surface area (Å²) < 4.78 is 15.4. The molecule has 0 bridgehead atoms. The van der Waals surface area contributed by atoms with Gasteiger partial charge < -0.3 is 10.3 Å². The van der Waals surface area contributed by atoms with Crippen LogP contribution in [0.2, 0.25) is 0 Å². The molecule has 0 aliphatic rings. The second kappa shape index (κ2) is 10.0. The van der Waals surface area contributed by atoms with Crippen LogP contribution in [0.4, 0.5) is 4.39 Å². The first-order chi connectivity index (χ1) is 17.8. The number of aromatic nitrogens is 3. The van der Waals surface area contributed by atoms with Crippen LogP contribution in [0.3, 0.4) is 0 Å². The van der Waals surface area contributed by atoms with Crippen molar-refractivity contribution in [3.05, 3.63) is 100 Å². The van der Waals surface area contributed by atoms with Crippen LogP contribution in [0.15, 0.2) is 82.9 Å². The number of carbonyl (C=O) groups is 2. The maximum atomic E-state index is 14.1. The Morgan fingerprint density at radius 2 is 1.86 bits per heavy atom. The number of aromatic amines is 1. The van der Waals surface area contributed by atoms with Gasteiger partial charge in [0.1, 0.15) is 5.82 Å². The third kappa shape index (κ3) is 4.90. The zero-order chi connectivity index (χ0) is 26.1. The number of H-pyrrole nitrogens is 1. The predicted molar refractivity (Wildman–Crippen MR) is 143 cm³/mol. The van der Waals surface area contributed by atoms with Gasteiger partial charge in [-0.1, -0.05) is 36.0 Å². The van der Waals surface area contributed by atoms with Crippen molar-refractivity contribution in [1.82, 2.24) is 19.9 Å². The standard InChI is InChI=1S/C28H23FN4O3S/c1-16(2)31-26(35)17-10-11-21-24(12-17)32-28(33(27(21)36)19-7-5-6-18(29)13-19)37-15-25(34)22-14-30-23-9-4-3-8-20(22)23/h3-14,16,30H,15H2,1-2H3,(H,31,35). The van der Waals surface area contributed by atoms with Crippen molar-refractivity contribution in [1.29, 1.82) is 0 Å². The number of nitrogens with zero attached hydrogens (tertiary/aromatic N) is 2. The largest absolute Gasteiger partial charge is 0.360 e. The topological polar surface area (TPSA) is 96.9 Å². The van der Waals surface area contributed by atoms with Crippen molar-refractivity contribution in [3.63, 3.8) is 0 Å². The lowest BCUT2D eigenvalue weighted by atomic mass is 10.1. The molecule has 0 aliphatic heterocycles. The molecule has 0 fully saturated rings.